The van der Waals surface area contributed by atoms with Crippen molar-refractivity contribution >= 4 is 17.4 Å². The Balaban J connectivity index is 1.62. The number of halogens is 1. The zero-order valence-corrected chi connectivity index (χ0v) is 13.6. The Morgan fingerprint density at radius 3 is 2.59 bits per heavy atom. The maximum absolute atomic E-state index is 6.07. The van der Waals surface area contributed by atoms with E-state index in [4.69, 9.17) is 16.3 Å². The van der Waals surface area contributed by atoms with Gasteiger partial charge >= 0.3 is 0 Å². The summed E-state index contributed by atoms with van der Waals surface area (Å²) >= 11 is 6.07. The molecule has 1 fully saturated rings. The Kier molecular flexibility index (Phi) is 4.48. The van der Waals surface area contributed by atoms with E-state index in [1.54, 1.807) is 6.07 Å². The number of benzene rings is 1. The molecule has 4 nitrogen and oxygen atoms in total. The van der Waals surface area contributed by atoms with Crippen LogP contribution in [0, 0.1) is 0 Å². The smallest absolute Gasteiger partial charge is 0.135 e. The van der Waals surface area contributed by atoms with Crippen molar-refractivity contribution in [2.75, 3.05) is 5.32 Å². The van der Waals surface area contributed by atoms with Crippen LogP contribution < -0.4 is 10.1 Å². The maximum atomic E-state index is 6.07. The number of nitrogens with zero attached hydrogens (tertiary/aromatic N) is 2. The first-order chi connectivity index (χ1) is 10.6. The molecule has 0 aliphatic heterocycles. The molecule has 1 N–H and O–H groups in total. The lowest BCUT2D eigenvalue weighted by molar-refractivity contribution is 0.242. The van der Waals surface area contributed by atoms with Crippen LogP contribution in [0.4, 0.5) is 5.82 Å². The SMILES string of the molecule is CC(C)Oc1ccc(CNc2cc(Cl)nc(C3CC3)n2)cc1. The molecule has 2 aromatic rings. The lowest BCUT2D eigenvalue weighted by atomic mass is 10.2. The monoisotopic (exact) mass is 317 g/mol. The lowest BCUT2D eigenvalue weighted by Crippen LogP contribution is -2.06. The van der Waals surface area contributed by atoms with Gasteiger partial charge in [-0.05, 0) is 44.4 Å². The highest BCUT2D eigenvalue weighted by atomic mass is 35.5. The second-order valence-electron chi connectivity index (χ2n) is 5.87. The minimum absolute atomic E-state index is 0.188. The number of aromatic nitrogens is 2. The molecule has 1 aliphatic rings. The topological polar surface area (TPSA) is 47.0 Å². The summed E-state index contributed by atoms with van der Waals surface area (Å²) in [4.78, 5) is 8.82. The van der Waals surface area contributed by atoms with E-state index in [0.29, 0.717) is 17.6 Å². The highest BCUT2D eigenvalue weighted by Crippen LogP contribution is 2.38. The number of hydrogen-bond donors (Lipinski definition) is 1. The van der Waals surface area contributed by atoms with E-state index < -0.39 is 0 Å². The molecule has 5 heteroatoms. The van der Waals surface area contributed by atoms with Crippen molar-refractivity contribution < 1.29 is 4.74 Å². The number of nitrogens with one attached hydrogen (secondary N) is 1. The molecule has 0 amide bonds. The lowest BCUT2D eigenvalue weighted by Gasteiger charge is -2.11. The Hall–Kier alpha value is -1.81. The summed E-state index contributed by atoms with van der Waals surface area (Å²) in [5, 5.41) is 3.81. The number of rotatable bonds is 6. The van der Waals surface area contributed by atoms with Crippen molar-refractivity contribution in [3.05, 3.63) is 46.9 Å². The summed E-state index contributed by atoms with van der Waals surface area (Å²) < 4.78 is 5.64. The number of anilines is 1. The van der Waals surface area contributed by atoms with Gasteiger partial charge in [0.05, 0.1) is 6.10 Å². The van der Waals surface area contributed by atoms with Crippen LogP contribution in [0.15, 0.2) is 30.3 Å². The summed E-state index contributed by atoms with van der Waals surface area (Å²) in [5.74, 6) is 3.02. The molecule has 0 radical (unpaired) electrons. The van der Waals surface area contributed by atoms with Gasteiger partial charge in [0.1, 0.15) is 22.5 Å². The first-order valence-electron chi connectivity index (χ1n) is 7.64. The van der Waals surface area contributed by atoms with Crippen molar-refractivity contribution in [1.29, 1.82) is 0 Å². The largest absolute Gasteiger partial charge is 0.491 e. The summed E-state index contributed by atoms with van der Waals surface area (Å²) in [6.07, 6.45) is 2.52. The fraction of sp³-hybridized carbons (Fsp3) is 0.412. The molecule has 0 unspecified atom stereocenters. The number of ether oxygens (including phenoxy) is 1. The van der Waals surface area contributed by atoms with Crippen LogP contribution in [0.2, 0.25) is 5.15 Å². The van der Waals surface area contributed by atoms with Crippen molar-refractivity contribution in [1.82, 2.24) is 9.97 Å². The summed E-state index contributed by atoms with van der Waals surface area (Å²) in [6, 6.07) is 9.84. The van der Waals surface area contributed by atoms with Gasteiger partial charge in [-0.15, -0.1) is 0 Å². The van der Waals surface area contributed by atoms with Crippen molar-refractivity contribution in [2.45, 2.75) is 45.3 Å². The van der Waals surface area contributed by atoms with Crippen LogP contribution in [0.25, 0.3) is 0 Å². The van der Waals surface area contributed by atoms with Gasteiger partial charge in [-0.2, -0.15) is 0 Å². The molecule has 0 bridgehead atoms. The Labute approximate surface area is 135 Å². The first kappa shape index (κ1) is 15.1. The predicted molar refractivity (Wildman–Crippen MR) is 88.5 cm³/mol. The Bertz CT molecular complexity index is 639. The van der Waals surface area contributed by atoms with E-state index in [1.807, 2.05) is 26.0 Å². The van der Waals surface area contributed by atoms with E-state index in [0.717, 1.165) is 30.2 Å². The van der Waals surface area contributed by atoms with Gasteiger partial charge in [0.2, 0.25) is 0 Å². The van der Waals surface area contributed by atoms with E-state index in [9.17, 15) is 0 Å². The minimum atomic E-state index is 0.188. The van der Waals surface area contributed by atoms with Crippen molar-refractivity contribution in [2.24, 2.45) is 0 Å². The van der Waals surface area contributed by atoms with Crippen molar-refractivity contribution in [3.8, 4) is 5.75 Å². The fourth-order valence-electron chi connectivity index (χ4n) is 2.20. The highest BCUT2D eigenvalue weighted by Gasteiger charge is 2.27. The third kappa shape index (κ3) is 4.10. The molecule has 1 aliphatic carbocycles. The average Bonchev–Trinajstić information content (AvgIpc) is 3.30. The minimum Gasteiger partial charge on any atom is -0.491 e. The van der Waals surface area contributed by atoms with Gasteiger partial charge in [-0.25, -0.2) is 9.97 Å². The zero-order chi connectivity index (χ0) is 15.5. The Morgan fingerprint density at radius 1 is 1.23 bits per heavy atom. The first-order valence-corrected chi connectivity index (χ1v) is 8.02. The van der Waals surface area contributed by atoms with E-state index in [1.165, 1.54) is 5.56 Å². The van der Waals surface area contributed by atoms with E-state index in [-0.39, 0.29) is 6.10 Å². The van der Waals surface area contributed by atoms with Gasteiger partial charge in [-0.1, -0.05) is 23.7 Å². The zero-order valence-electron chi connectivity index (χ0n) is 12.8. The second kappa shape index (κ2) is 6.53. The third-order valence-corrected chi connectivity index (χ3v) is 3.62. The summed E-state index contributed by atoms with van der Waals surface area (Å²) in [6.45, 7) is 4.73. The fourth-order valence-corrected chi connectivity index (χ4v) is 2.39. The summed E-state index contributed by atoms with van der Waals surface area (Å²) in [5.41, 5.74) is 1.17. The molecule has 1 saturated carbocycles. The molecular weight excluding hydrogens is 298 g/mol. The van der Waals surface area contributed by atoms with Crippen molar-refractivity contribution in [3.63, 3.8) is 0 Å². The van der Waals surface area contributed by atoms with Crippen LogP contribution in [-0.4, -0.2) is 16.1 Å². The molecule has 1 heterocycles. The van der Waals surface area contributed by atoms with E-state index >= 15 is 0 Å². The van der Waals surface area contributed by atoms with Crippen LogP contribution in [0.5, 0.6) is 5.75 Å². The molecule has 0 spiro atoms. The molecule has 0 atom stereocenters. The van der Waals surface area contributed by atoms with Crippen LogP contribution in [0.1, 0.15) is 44.0 Å². The van der Waals surface area contributed by atoms with Gasteiger partial charge in [-0.3, -0.25) is 0 Å². The number of hydrogen-bond acceptors (Lipinski definition) is 4. The summed E-state index contributed by atoms with van der Waals surface area (Å²) in [7, 11) is 0. The molecule has 116 valence electrons. The molecule has 1 aromatic carbocycles. The van der Waals surface area contributed by atoms with Gasteiger partial charge < -0.3 is 10.1 Å². The van der Waals surface area contributed by atoms with E-state index in [2.05, 4.69) is 27.4 Å². The maximum Gasteiger partial charge on any atom is 0.135 e. The van der Waals surface area contributed by atoms with Crippen LogP contribution in [-0.2, 0) is 6.54 Å². The van der Waals surface area contributed by atoms with Crippen LogP contribution in [0.3, 0.4) is 0 Å². The predicted octanol–water partition coefficient (Wildman–Crippen LogP) is 4.41. The van der Waals surface area contributed by atoms with Crippen LogP contribution >= 0.6 is 11.6 Å². The normalized spacial score (nSPS) is 14.2. The molecule has 22 heavy (non-hydrogen) atoms. The molecule has 0 saturated heterocycles. The van der Waals surface area contributed by atoms with Gasteiger partial charge in [0, 0.05) is 18.5 Å². The second-order valence-corrected chi connectivity index (χ2v) is 6.26. The quantitative estimate of drug-likeness (QED) is 0.802. The molecular formula is C17H20ClN3O. The molecule has 3 rings (SSSR count). The average molecular weight is 318 g/mol. The molecule has 1 aromatic heterocycles. The standard InChI is InChI=1S/C17H20ClN3O/c1-11(2)22-14-7-3-12(4-8-14)10-19-16-9-15(18)20-17(21-16)13-5-6-13/h3-4,7-9,11,13H,5-6,10H2,1-2H3,(H,19,20,21). The van der Waals surface area contributed by atoms with Gasteiger partial charge in [0.25, 0.3) is 0 Å². The third-order valence-electron chi connectivity index (χ3n) is 3.42. The highest BCUT2D eigenvalue weighted by molar-refractivity contribution is 6.29. The van der Waals surface area contributed by atoms with Gasteiger partial charge in [0.15, 0.2) is 0 Å². The Morgan fingerprint density at radius 2 is 1.95 bits per heavy atom.